The molecule has 0 saturated heterocycles. The summed E-state index contributed by atoms with van der Waals surface area (Å²) in [5.74, 6) is -0.370. The van der Waals surface area contributed by atoms with Crippen LogP contribution in [0.15, 0.2) is 67.1 Å². The first-order valence-electron chi connectivity index (χ1n) is 10.1. The highest BCUT2D eigenvalue weighted by atomic mass is 19.1. The molecule has 5 aromatic rings. The maximum atomic E-state index is 14.5. The number of nitriles is 1. The predicted octanol–water partition coefficient (Wildman–Crippen LogP) is 3.53. The number of tetrazole rings is 1. The van der Waals surface area contributed by atoms with Crippen LogP contribution in [-0.4, -0.2) is 40.9 Å². The van der Waals surface area contributed by atoms with E-state index < -0.39 is 5.82 Å². The molecule has 1 unspecified atom stereocenters. The number of hydrogen-bond donors (Lipinski definition) is 0. The Morgan fingerprint density at radius 1 is 1.15 bits per heavy atom. The lowest BCUT2D eigenvalue weighted by Gasteiger charge is -2.15. The van der Waals surface area contributed by atoms with Crippen molar-refractivity contribution in [1.82, 2.24) is 34.8 Å². The number of imidazole rings is 1. The van der Waals surface area contributed by atoms with Crippen molar-refractivity contribution >= 4 is 5.65 Å². The van der Waals surface area contributed by atoms with Crippen LogP contribution >= 0.6 is 0 Å². The second-order valence-electron chi connectivity index (χ2n) is 7.39. The zero-order chi connectivity index (χ0) is 22.8. The zero-order valence-corrected chi connectivity index (χ0v) is 17.5. The first-order valence-corrected chi connectivity index (χ1v) is 10.1. The average Bonchev–Trinajstić information content (AvgIpc) is 3.50. The summed E-state index contributed by atoms with van der Waals surface area (Å²) < 4.78 is 23.5. The van der Waals surface area contributed by atoms with E-state index in [2.05, 4.69) is 26.6 Å². The molecular formula is C23H17FN8O. The van der Waals surface area contributed by atoms with Gasteiger partial charge in [0.2, 0.25) is 0 Å². The summed E-state index contributed by atoms with van der Waals surface area (Å²) in [6, 6.07) is 17.7. The molecule has 0 radical (unpaired) electrons. The lowest BCUT2D eigenvalue weighted by atomic mass is 10.1. The molecule has 3 aromatic heterocycles. The van der Waals surface area contributed by atoms with Crippen LogP contribution in [0.25, 0.3) is 28.2 Å². The molecule has 0 bridgehead atoms. The summed E-state index contributed by atoms with van der Waals surface area (Å²) in [5, 5.41) is 25.1. The summed E-state index contributed by atoms with van der Waals surface area (Å²) >= 11 is 0. The molecule has 10 heteroatoms. The van der Waals surface area contributed by atoms with Crippen molar-refractivity contribution in [2.75, 3.05) is 0 Å². The van der Waals surface area contributed by atoms with Crippen LogP contribution in [0.4, 0.5) is 4.39 Å². The Kier molecular flexibility index (Phi) is 5.20. The van der Waals surface area contributed by atoms with E-state index in [4.69, 9.17) is 9.84 Å². The lowest BCUT2D eigenvalue weighted by Crippen LogP contribution is -2.20. The van der Waals surface area contributed by atoms with E-state index >= 15 is 0 Å². The van der Waals surface area contributed by atoms with Crippen molar-refractivity contribution in [2.45, 2.75) is 19.6 Å². The van der Waals surface area contributed by atoms with Crippen LogP contribution in [0, 0.1) is 17.1 Å². The third kappa shape index (κ3) is 3.99. The molecule has 3 heterocycles. The molecule has 9 nitrogen and oxygen atoms in total. The third-order valence-corrected chi connectivity index (χ3v) is 5.08. The van der Waals surface area contributed by atoms with Gasteiger partial charge in [-0.1, -0.05) is 18.2 Å². The average molecular weight is 440 g/mol. The lowest BCUT2D eigenvalue weighted by molar-refractivity contribution is 0.185. The summed E-state index contributed by atoms with van der Waals surface area (Å²) in [5.41, 5.74) is 3.87. The van der Waals surface area contributed by atoms with E-state index in [-0.39, 0.29) is 11.9 Å². The van der Waals surface area contributed by atoms with Gasteiger partial charge in [-0.15, -0.1) is 5.10 Å². The Hall–Kier alpha value is -4.65. The van der Waals surface area contributed by atoms with E-state index in [1.54, 1.807) is 28.9 Å². The highest BCUT2D eigenvalue weighted by molar-refractivity contribution is 5.70. The van der Waals surface area contributed by atoms with Crippen LogP contribution in [0.2, 0.25) is 0 Å². The van der Waals surface area contributed by atoms with Gasteiger partial charge in [0.25, 0.3) is 0 Å². The van der Waals surface area contributed by atoms with E-state index in [0.717, 1.165) is 5.56 Å². The second kappa shape index (κ2) is 8.47. The summed E-state index contributed by atoms with van der Waals surface area (Å²) in [7, 11) is 0. The number of fused-ring (bicyclic) bond motifs is 1. The Labute approximate surface area is 187 Å². The van der Waals surface area contributed by atoms with E-state index in [0.29, 0.717) is 34.7 Å². The Balaban J connectivity index is 1.49. The van der Waals surface area contributed by atoms with Crippen molar-refractivity contribution in [3.05, 3.63) is 78.5 Å². The van der Waals surface area contributed by atoms with E-state index in [9.17, 15) is 9.65 Å². The Morgan fingerprint density at radius 3 is 2.85 bits per heavy atom. The van der Waals surface area contributed by atoms with Gasteiger partial charge in [-0.3, -0.25) is 0 Å². The molecule has 33 heavy (non-hydrogen) atoms. The van der Waals surface area contributed by atoms with Crippen molar-refractivity contribution in [3.8, 4) is 34.3 Å². The van der Waals surface area contributed by atoms with Gasteiger partial charge in [0.1, 0.15) is 12.4 Å². The van der Waals surface area contributed by atoms with Crippen LogP contribution in [0.3, 0.4) is 0 Å². The number of hydrogen-bond acceptors (Lipinski definition) is 7. The molecule has 0 amide bonds. The first kappa shape index (κ1) is 20.3. The maximum absolute atomic E-state index is 14.5. The minimum absolute atomic E-state index is 0.107. The summed E-state index contributed by atoms with van der Waals surface area (Å²) in [4.78, 5) is 4.40. The van der Waals surface area contributed by atoms with Crippen LogP contribution in [0.1, 0.15) is 12.5 Å². The van der Waals surface area contributed by atoms with E-state index in [1.807, 2.05) is 37.3 Å². The number of ether oxygens (including phenoxy) is 1. The largest absolute Gasteiger partial charge is 0.486 e. The molecular weight excluding hydrogens is 423 g/mol. The Bertz CT molecular complexity index is 1470. The molecule has 0 aliphatic heterocycles. The first-order chi connectivity index (χ1) is 16.1. The molecule has 2 aromatic carbocycles. The van der Waals surface area contributed by atoms with Gasteiger partial charge in [-0.2, -0.15) is 10.4 Å². The fourth-order valence-electron chi connectivity index (χ4n) is 3.55. The molecule has 0 aliphatic rings. The van der Waals surface area contributed by atoms with Gasteiger partial charge in [0.05, 0.1) is 35.8 Å². The molecule has 0 fully saturated rings. The third-order valence-electron chi connectivity index (χ3n) is 5.08. The molecule has 0 N–H and O–H groups in total. The molecule has 0 spiro atoms. The van der Waals surface area contributed by atoms with Gasteiger partial charge in [-0.25, -0.2) is 18.6 Å². The molecule has 162 valence electrons. The standard InChI is InChI=1S/C23H17FN8O/c1-15(13-31-14-27-29-30-31)33-22-10-16(6-7-19(22)24)20-8-9-23-26-12-21(32(23)28-20)18-5-3-2-4-17(18)11-25/h2-10,12,14-15H,13H2,1H3. The quantitative estimate of drug-likeness (QED) is 0.398. The highest BCUT2D eigenvalue weighted by Crippen LogP contribution is 2.28. The van der Waals surface area contributed by atoms with Gasteiger partial charge in [0, 0.05) is 11.1 Å². The zero-order valence-electron chi connectivity index (χ0n) is 17.5. The Morgan fingerprint density at radius 2 is 2.03 bits per heavy atom. The SMILES string of the molecule is CC(Cn1cnnn1)Oc1cc(-c2ccc3ncc(-c4ccccc4C#N)n3n2)ccc1F. The topological polar surface area (TPSA) is 107 Å². The van der Waals surface area contributed by atoms with Gasteiger partial charge in [0.15, 0.2) is 17.2 Å². The van der Waals surface area contributed by atoms with Crippen molar-refractivity contribution < 1.29 is 9.13 Å². The number of benzene rings is 2. The summed E-state index contributed by atoms with van der Waals surface area (Å²) in [6.07, 6.45) is 2.79. The molecule has 0 saturated carbocycles. The number of nitrogens with zero attached hydrogens (tertiary/aromatic N) is 8. The fraction of sp³-hybridized carbons (Fsp3) is 0.130. The number of aromatic nitrogens is 7. The molecule has 5 rings (SSSR count). The molecule has 0 aliphatic carbocycles. The number of rotatable bonds is 6. The minimum Gasteiger partial charge on any atom is -0.486 e. The maximum Gasteiger partial charge on any atom is 0.165 e. The highest BCUT2D eigenvalue weighted by Gasteiger charge is 2.15. The normalized spacial score (nSPS) is 11.9. The van der Waals surface area contributed by atoms with Crippen LogP contribution in [-0.2, 0) is 6.54 Å². The monoisotopic (exact) mass is 440 g/mol. The van der Waals surface area contributed by atoms with Crippen molar-refractivity contribution in [3.63, 3.8) is 0 Å². The van der Waals surface area contributed by atoms with Gasteiger partial charge >= 0.3 is 0 Å². The minimum atomic E-state index is -0.477. The van der Waals surface area contributed by atoms with Gasteiger partial charge in [-0.05, 0) is 53.7 Å². The number of halogens is 1. The second-order valence-corrected chi connectivity index (χ2v) is 7.39. The van der Waals surface area contributed by atoms with Crippen LogP contribution in [0.5, 0.6) is 5.75 Å². The van der Waals surface area contributed by atoms with Gasteiger partial charge < -0.3 is 4.74 Å². The van der Waals surface area contributed by atoms with Crippen molar-refractivity contribution in [1.29, 1.82) is 5.26 Å². The fourth-order valence-corrected chi connectivity index (χ4v) is 3.55. The van der Waals surface area contributed by atoms with E-state index in [1.165, 1.54) is 17.1 Å². The predicted molar refractivity (Wildman–Crippen MR) is 116 cm³/mol. The van der Waals surface area contributed by atoms with Crippen molar-refractivity contribution in [2.24, 2.45) is 0 Å². The molecule has 1 atom stereocenters. The smallest absolute Gasteiger partial charge is 0.165 e. The summed E-state index contributed by atoms with van der Waals surface area (Å²) in [6.45, 7) is 2.18. The van der Waals surface area contributed by atoms with Crippen LogP contribution < -0.4 is 4.74 Å².